The van der Waals surface area contributed by atoms with Crippen molar-refractivity contribution in [3.05, 3.63) is 29.6 Å². The Kier molecular flexibility index (Phi) is 5.04. The summed E-state index contributed by atoms with van der Waals surface area (Å²) in [7, 11) is 0. The largest absolute Gasteiger partial charge is 0.481 e. The van der Waals surface area contributed by atoms with E-state index >= 15 is 0 Å². The summed E-state index contributed by atoms with van der Waals surface area (Å²) in [4.78, 5) is 10.7. The zero-order chi connectivity index (χ0) is 14.6. The summed E-state index contributed by atoms with van der Waals surface area (Å²) < 4.78 is 51.5. The van der Waals surface area contributed by atoms with Gasteiger partial charge in [0.1, 0.15) is 11.6 Å². The lowest BCUT2D eigenvalue weighted by Gasteiger charge is -2.11. The Balaban J connectivity index is 2.70. The van der Waals surface area contributed by atoms with Crippen LogP contribution in [0.1, 0.15) is 18.4 Å². The SMILES string of the molecule is CC(C(=O)O)c1ccc(NSCC(F)(F)F)c(F)c1. The van der Waals surface area contributed by atoms with E-state index in [9.17, 15) is 22.4 Å². The summed E-state index contributed by atoms with van der Waals surface area (Å²) >= 11 is 0.317. The third kappa shape index (κ3) is 4.98. The number of carbonyl (C=O) groups is 1. The minimum absolute atomic E-state index is 0.115. The molecule has 1 aromatic rings. The zero-order valence-corrected chi connectivity index (χ0v) is 10.6. The van der Waals surface area contributed by atoms with Gasteiger partial charge in [-0.05, 0) is 36.6 Å². The molecule has 0 aromatic heterocycles. The van der Waals surface area contributed by atoms with E-state index in [1.165, 1.54) is 19.1 Å². The lowest BCUT2D eigenvalue weighted by Crippen LogP contribution is -2.12. The lowest BCUT2D eigenvalue weighted by molar-refractivity contribution is -0.138. The monoisotopic (exact) mass is 297 g/mol. The van der Waals surface area contributed by atoms with E-state index in [1.807, 2.05) is 0 Å². The van der Waals surface area contributed by atoms with Crippen molar-refractivity contribution in [1.82, 2.24) is 0 Å². The Morgan fingerprint density at radius 1 is 1.47 bits per heavy atom. The van der Waals surface area contributed by atoms with Crippen LogP contribution in [0.5, 0.6) is 0 Å². The van der Waals surface area contributed by atoms with E-state index in [2.05, 4.69) is 4.72 Å². The van der Waals surface area contributed by atoms with E-state index in [-0.39, 0.29) is 11.3 Å². The quantitative estimate of drug-likeness (QED) is 0.643. The lowest BCUT2D eigenvalue weighted by atomic mass is 10.0. The topological polar surface area (TPSA) is 49.3 Å². The number of carboxylic acid groups (broad SMARTS) is 1. The average molecular weight is 297 g/mol. The molecule has 0 aliphatic heterocycles. The van der Waals surface area contributed by atoms with Crippen LogP contribution in [0.25, 0.3) is 0 Å². The van der Waals surface area contributed by atoms with Crippen LogP contribution in [-0.2, 0) is 4.79 Å². The predicted molar refractivity (Wildman–Crippen MR) is 64.6 cm³/mol. The second-order valence-electron chi connectivity index (χ2n) is 3.81. The zero-order valence-electron chi connectivity index (χ0n) is 9.79. The third-order valence-electron chi connectivity index (χ3n) is 2.28. The Bertz CT molecular complexity index is 464. The van der Waals surface area contributed by atoms with Crippen LogP contribution < -0.4 is 4.72 Å². The van der Waals surface area contributed by atoms with Crippen LogP contribution in [-0.4, -0.2) is 23.0 Å². The molecule has 0 amide bonds. The fourth-order valence-electron chi connectivity index (χ4n) is 1.22. The van der Waals surface area contributed by atoms with Crippen LogP contribution >= 0.6 is 11.9 Å². The number of anilines is 1. The Morgan fingerprint density at radius 2 is 2.11 bits per heavy atom. The first-order valence-corrected chi connectivity index (χ1v) is 6.16. The number of halogens is 4. The minimum Gasteiger partial charge on any atom is -0.481 e. The van der Waals surface area contributed by atoms with Crippen LogP contribution in [0.15, 0.2) is 18.2 Å². The van der Waals surface area contributed by atoms with Crippen molar-refractivity contribution in [3.63, 3.8) is 0 Å². The van der Waals surface area contributed by atoms with Crippen LogP contribution in [0.2, 0.25) is 0 Å². The molecule has 0 saturated heterocycles. The number of nitrogens with one attached hydrogen (secondary N) is 1. The molecule has 2 N–H and O–H groups in total. The van der Waals surface area contributed by atoms with Gasteiger partial charge in [0.15, 0.2) is 0 Å². The maximum atomic E-state index is 13.5. The Labute approximate surface area is 111 Å². The Morgan fingerprint density at radius 3 is 2.58 bits per heavy atom. The maximum Gasteiger partial charge on any atom is 0.399 e. The fraction of sp³-hybridized carbons (Fsp3) is 0.364. The summed E-state index contributed by atoms with van der Waals surface area (Å²) in [5.41, 5.74) is 0.131. The van der Waals surface area contributed by atoms with Gasteiger partial charge in [-0.1, -0.05) is 6.07 Å². The van der Waals surface area contributed by atoms with Crippen LogP contribution in [0, 0.1) is 5.82 Å². The van der Waals surface area contributed by atoms with E-state index in [0.717, 1.165) is 6.07 Å². The smallest absolute Gasteiger partial charge is 0.399 e. The average Bonchev–Trinajstić information content (AvgIpc) is 2.28. The highest BCUT2D eigenvalue weighted by Gasteiger charge is 2.27. The van der Waals surface area contributed by atoms with Crippen molar-refractivity contribution in [3.8, 4) is 0 Å². The van der Waals surface area contributed by atoms with Gasteiger partial charge in [-0.2, -0.15) is 13.2 Å². The van der Waals surface area contributed by atoms with Crippen molar-refractivity contribution in [2.75, 3.05) is 10.5 Å². The van der Waals surface area contributed by atoms with Crippen molar-refractivity contribution in [1.29, 1.82) is 0 Å². The summed E-state index contributed by atoms with van der Waals surface area (Å²) in [5.74, 6) is -3.93. The molecule has 0 aliphatic carbocycles. The molecule has 1 atom stereocenters. The second-order valence-corrected chi connectivity index (χ2v) is 4.59. The number of aliphatic carboxylic acids is 1. The molecule has 1 aromatic carbocycles. The van der Waals surface area contributed by atoms with Gasteiger partial charge in [0, 0.05) is 0 Å². The molecule has 3 nitrogen and oxygen atoms in total. The standard InChI is InChI=1S/C11H11F4NO2S/c1-6(10(17)18)7-2-3-9(8(12)4-7)16-19-5-11(13,14)15/h2-4,6,16H,5H2,1H3,(H,17,18). The minimum atomic E-state index is -4.34. The first-order chi connectivity index (χ1) is 8.70. The number of alkyl halides is 3. The first kappa shape index (κ1) is 15.6. The molecule has 0 aliphatic rings. The number of rotatable bonds is 5. The molecule has 0 heterocycles. The van der Waals surface area contributed by atoms with Gasteiger partial charge in [-0.25, -0.2) is 4.39 Å². The van der Waals surface area contributed by atoms with E-state index in [1.54, 1.807) is 0 Å². The highest BCUT2D eigenvalue weighted by atomic mass is 32.2. The number of hydrogen-bond acceptors (Lipinski definition) is 3. The molecule has 1 rings (SSSR count). The molecule has 106 valence electrons. The van der Waals surface area contributed by atoms with Gasteiger partial charge < -0.3 is 9.83 Å². The van der Waals surface area contributed by atoms with Gasteiger partial charge in [0.2, 0.25) is 0 Å². The molecule has 0 radical (unpaired) electrons. The first-order valence-electron chi connectivity index (χ1n) is 5.17. The molecule has 19 heavy (non-hydrogen) atoms. The van der Waals surface area contributed by atoms with Crippen molar-refractivity contribution >= 4 is 23.6 Å². The summed E-state index contributed by atoms with van der Waals surface area (Å²) in [6, 6.07) is 3.57. The van der Waals surface area contributed by atoms with Gasteiger partial charge in [0.25, 0.3) is 0 Å². The molecule has 0 saturated carbocycles. The van der Waals surface area contributed by atoms with Gasteiger partial charge >= 0.3 is 12.1 Å². The van der Waals surface area contributed by atoms with E-state index < -0.39 is 29.6 Å². The molecule has 0 spiro atoms. The fourth-order valence-corrected chi connectivity index (χ4v) is 1.78. The number of hydrogen-bond donors (Lipinski definition) is 2. The highest BCUT2D eigenvalue weighted by molar-refractivity contribution is 8.00. The van der Waals surface area contributed by atoms with Gasteiger partial charge in [-0.3, -0.25) is 4.79 Å². The number of benzene rings is 1. The van der Waals surface area contributed by atoms with Gasteiger partial charge in [0.05, 0.1) is 11.6 Å². The molecule has 0 fully saturated rings. The molecular formula is C11H11F4NO2S. The van der Waals surface area contributed by atoms with Crippen molar-refractivity contribution < 1.29 is 27.5 Å². The second kappa shape index (κ2) is 6.14. The van der Waals surface area contributed by atoms with Crippen molar-refractivity contribution in [2.45, 2.75) is 19.0 Å². The summed E-state index contributed by atoms with van der Waals surface area (Å²) in [6.45, 7) is 1.39. The van der Waals surface area contributed by atoms with Crippen LogP contribution in [0.4, 0.5) is 23.2 Å². The third-order valence-corrected chi connectivity index (χ3v) is 3.12. The maximum absolute atomic E-state index is 13.5. The van der Waals surface area contributed by atoms with E-state index in [4.69, 9.17) is 5.11 Å². The highest BCUT2D eigenvalue weighted by Crippen LogP contribution is 2.26. The molecule has 1 unspecified atom stereocenters. The van der Waals surface area contributed by atoms with Crippen LogP contribution in [0.3, 0.4) is 0 Å². The molecule has 8 heteroatoms. The predicted octanol–water partition coefficient (Wildman–Crippen LogP) is 3.64. The summed E-state index contributed by atoms with van der Waals surface area (Å²) in [5, 5.41) is 8.76. The molecular weight excluding hydrogens is 286 g/mol. The normalized spacial score (nSPS) is 13.1. The summed E-state index contributed by atoms with van der Waals surface area (Å²) in [6.07, 6.45) is -4.34. The van der Waals surface area contributed by atoms with E-state index in [0.29, 0.717) is 11.9 Å². The Hall–Kier alpha value is -1.44. The molecule has 0 bridgehead atoms. The number of carboxylic acids is 1. The van der Waals surface area contributed by atoms with Crippen molar-refractivity contribution in [2.24, 2.45) is 0 Å². The van der Waals surface area contributed by atoms with Gasteiger partial charge in [-0.15, -0.1) is 0 Å².